The van der Waals surface area contributed by atoms with Gasteiger partial charge >= 0.3 is 18.3 Å². The molecule has 1 amide bonds. The molecule has 0 radical (unpaired) electrons. The van der Waals surface area contributed by atoms with Gasteiger partial charge in [0.05, 0.1) is 17.7 Å². The summed E-state index contributed by atoms with van der Waals surface area (Å²) in [4.78, 5) is 23.1. The van der Waals surface area contributed by atoms with E-state index in [2.05, 4.69) is 25.0 Å². The van der Waals surface area contributed by atoms with Crippen LogP contribution in [0.5, 0.6) is 6.01 Å². The van der Waals surface area contributed by atoms with Gasteiger partial charge in [-0.25, -0.2) is 9.78 Å². The molecule has 0 aliphatic heterocycles. The predicted molar refractivity (Wildman–Crippen MR) is 102 cm³/mol. The van der Waals surface area contributed by atoms with Crippen LogP contribution in [0, 0.1) is 0 Å². The standard InChI is InChI=1S/C19H14ClF3N4O3/c1-30-18(29)24-9-10-2-7-14(20)13(8-10)16-25-15(26-17(28)27-16)11-3-5-12(6-4-11)19(21,22)23/h2-8H,9H2,1H3,(H,24,29)(H,25,26,27,28). The van der Waals surface area contributed by atoms with Crippen LogP contribution >= 0.6 is 11.6 Å². The number of benzene rings is 2. The molecule has 0 aliphatic carbocycles. The number of halogens is 4. The molecular weight excluding hydrogens is 425 g/mol. The van der Waals surface area contributed by atoms with Crippen molar-refractivity contribution in [3.63, 3.8) is 0 Å². The Morgan fingerprint density at radius 3 is 2.40 bits per heavy atom. The fourth-order valence-corrected chi connectivity index (χ4v) is 2.72. The van der Waals surface area contributed by atoms with E-state index < -0.39 is 23.8 Å². The molecule has 0 fully saturated rings. The molecule has 3 aromatic rings. The third-order valence-corrected chi connectivity index (χ3v) is 4.32. The molecular formula is C19H14ClF3N4O3. The molecule has 1 aromatic heterocycles. The molecule has 2 aromatic carbocycles. The highest BCUT2D eigenvalue weighted by Crippen LogP contribution is 2.32. The molecule has 0 aliphatic rings. The highest BCUT2D eigenvalue weighted by molar-refractivity contribution is 6.33. The van der Waals surface area contributed by atoms with E-state index in [9.17, 15) is 23.1 Å². The predicted octanol–water partition coefficient (Wildman–Crippen LogP) is 4.44. The maximum absolute atomic E-state index is 12.8. The van der Waals surface area contributed by atoms with Crippen LogP contribution in [-0.4, -0.2) is 33.3 Å². The first-order valence-electron chi connectivity index (χ1n) is 8.40. The minimum absolute atomic E-state index is 0.0160. The second-order valence-electron chi connectivity index (χ2n) is 6.02. The van der Waals surface area contributed by atoms with Gasteiger partial charge in [0.2, 0.25) is 0 Å². The lowest BCUT2D eigenvalue weighted by molar-refractivity contribution is -0.137. The van der Waals surface area contributed by atoms with Gasteiger partial charge in [-0.1, -0.05) is 29.8 Å². The molecule has 2 N–H and O–H groups in total. The number of hydrogen-bond acceptors (Lipinski definition) is 6. The lowest BCUT2D eigenvalue weighted by Crippen LogP contribution is -2.22. The van der Waals surface area contributed by atoms with E-state index in [-0.39, 0.29) is 28.8 Å². The van der Waals surface area contributed by atoms with Gasteiger partial charge in [0.1, 0.15) is 0 Å². The van der Waals surface area contributed by atoms with Crippen molar-refractivity contribution in [1.82, 2.24) is 20.3 Å². The number of methoxy groups -OCH3 is 1. The van der Waals surface area contributed by atoms with Crippen molar-refractivity contribution in [1.29, 1.82) is 0 Å². The van der Waals surface area contributed by atoms with Crippen molar-refractivity contribution in [3.05, 3.63) is 58.6 Å². The Labute approximate surface area is 173 Å². The van der Waals surface area contributed by atoms with Gasteiger partial charge in [-0.15, -0.1) is 0 Å². The molecule has 30 heavy (non-hydrogen) atoms. The van der Waals surface area contributed by atoms with E-state index in [4.69, 9.17) is 11.6 Å². The van der Waals surface area contributed by atoms with Crippen LogP contribution in [0.3, 0.4) is 0 Å². The highest BCUT2D eigenvalue weighted by atomic mass is 35.5. The third kappa shape index (κ3) is 4.95. The first-order chi connectivity index (χ1) is 14.2. The summed E-state index contributed by atoms with van der Waals surface area (Å²) in [5.41, 5.74) is 0.419. The molecule has 0 bridgehead atoms. The second-order valence-corrected chi connectivity index (χ2v) is 6.42. The van der Waals surface area contributed by atoms with Crippen molar-refractivity contribution in [3.8, 4) is 28.8 Å². The van der Waals surface area contributed by atoms with Gasteiger partial charge in [0, 0.05) is 17.7 Å². The third-order valence-electron chi connectivity index (χ3n) is 3.99. The average molecular weight is 439 g/mol. The first kappa shape index (κ1) is 21.3. The molecule has 11 heteroatoms. The Balaban J connectivity index is 1.96. The molecule has 0 saturated carbocycles. The SMILES string of the molecule is COC(=O)NCc1ccc(Cl)c(-c2nc(O)nc(-c3ccc(C(F)(F)F)cc3)n2)c1. The molecule has 0 atom stereocenters. The smallest absolute Gasteiger partial charge is 0.416 e. The highest BCUT2D eigenvalue weighted by Gasteiger charge is 2.30. The van der Waals surface area contributed by atoms with Crippen LogP contribution < -0.4 is 5.32 Å². The maximum Gasteiger partial charge on any atom is 0.416 e. The minimum Gasteiger partial charge on any atom is -0.479 e. The maximum atomic E-state index is 12.8. The monoisotopic (exact) mass is 438 g/mol. The zero-order valence-corrected chi connectivity index (χ0v) is 16.1. The Morgan fingerprint density at radius 1 is 1.10 bits per heavy atom. The topological polar surface area (TPSA) is 97.2 Å². The number of aromatic nitrogens is 3. The lowest BCUT2D eigenvalue weighted by Gasteiger charge is -2.10. The van der Waals surface area contributed by atoms with Crippen LogP contribution in [-0.2, 0) is 17.5 Å². The minimum atomic E-state index is -4.48. The summed E-state index contributed by atoms with van der Waals surface area (Å²) in [6.45, 7) is 0.139. The summed E-state index contributed by atoms with van der Waals surface area (Å²) in [7, 11) is 1.24. The van der Waals surface area contributed by atoms with Gasteiger partial charge in [0.15, 0.2) is 11.6 Å². The van der Waals surface area contributed by atoms with E-state index >= 15 is 0 Å². The number of aromatic hydroxyl groups is 1. The largest absolute Gasteiger partial charge is 0.479 e. The molecule has 0 spiro atoms. The summed E-state index contributed by atoms with van der Waals surface area (Å²) < 4.78 is 42.8. The Bertz CT molecular complexity index is 1080. The summed E-state index contributed by atoms with van der Waals surface area (Å²) in [5.74, 6) is -0.0114. The quantitative estimate of drug-likeness (QED) is 0.625. The molecule has 3 rings (SSSR count). The number of carbonyl (C=O) groups is 1. The average Bonchev–Trinajstić information content (AvgIpc) is 2.72. The lowest BCUT2D eigenvalue weighted by atomic mass is 10.1. The van der Waals surface area contributed by atoms with Gasteiger partial charge in [-0.2, -0.15) is 23.1 Å². The van der Waals surface area contributed by atoms with Crippen LogP contribution in [0.15, 0.2) is 42.5 Å². The number of hydrogen-bond donors (Lipinski definition) is 2. The Morgan fingerprint density at radius 2 is 1.77 bits per heavy atom. The molecule has 0 saturated heterocycles. The van der Waals surface area contributed by atoms with Crippen LogP contribution in [0.1, 0.15) is 11.1 Å². The zero-order chi connectivity index (χ0) is 21.9. The number of nitrogens with zero attached hydrogens (tertiary/aromatic N) is 3. The molecule has 7 nitrogen and oxygen atoms in total. The van der Waals surface area contributed by atoms with Gasteiger partial charge in [-0.3, -0.25) is 0 Å². The number of amides is 1. The van der Waals surface area contributed by atoms with E-state index in [0.29, 0.717) is 11.1 Å². The summed E-state index contributed by atoms with van der Waals surface area (Å²) in [6, 6.07) is 8.37. The van der Waals surface area contributed by atoms with Crippen LogP contribution in [0.4, 0.5) is 18.0 Å². The summed E-state index contributed by atoms with van der Waals surface area (Å²) >= 11 is 6.22. The van der Waals surface area contributed by atoms with E-state index in [1.807, 2.05) is 0 Å². The van der Waals surface area contributed by atoms with Crippen molar-refractivity contribution >= 4 is 17.7 Å². The fourth-order valence-electron chi connectivity index (χ4n) is 2.52. The van der Waals surface area contributed by atoms with E-state index in [1.165, 1.54) is 19.2 Å². The van der Waals surface area contributed by atoms with Crippen molar-refractivity contribution < 1.29 is 27.8 Å². The number of carbonyl (C=O) groups excluding carboxylic acids is 1. The Kier molecular flexibility index (Phi) is 6.06. The molecule has 0 unspecified atom stereocenters. The van der Waals surface area contributed by atoms with Crippen LogP contribution in [0.25, 0.3) is 22.8 Å². The zero-order valence-electron chi connectivity index (χ0n) is 15.4. The summed E-state index contributed by atoms with van der Waals surface area (Å²) in [6.07, 6.45) is -5.09. The molecule has 1 heterocycles. The number of nitrogens with one attached hydrogen (secondary N) is 1. The Hall–Kier alpha value is -3.40. The second kappa shape index (κ2) is 8.54. The number of alkyl halides is 3. The van der Waals surface area contributed by atoms with Gasteiger partial charge < -0.3 is 15.2 Å². The normalized spacial score (nSPS) is 11.2. The number of ether oxygens (including phenoxy) is 1. The van der Waals surface area contributed by atoms with Gasteiger partial charge in [-0.05, 0) is 29.8 Å². The van der Waals surface area contributed by atoms with Crippen molar-refractivity contribution in [2.75, 3.05) is 7.11 Å². The van der Waals surface area contributed by atoms with Gasteiger partial charge in [0.25, 0.3) is 0 Å². The number of alkyl carbamates (subject to hydrolysis) is 1. The van der Waals surface area contributed by atoms with Crippen molar-refractivity contribution in [2.45, 2.75) is 12.7 Å². The summed E-state index contributed by atoms with van der Waals surface area (Å²) in [5, 5.41) is 12.7. The van der Waals surface area contributed by atoms with Crippen molar-refractivity contribution in [2.24, 2.45) is 0 Å². The first-order valence-corrected chi connectivity index (χ1v) is 8.78. The van der Waals surface area contributed by atoms with E-state index in [1.54, 1.807) is 18.2 Å². The van der Waals surface area contributed by atoms with Crippen LogP contribution in [0.2, 0.25) is 5.02 Å². The number of rotatable bonds is 4. The molecule has 156 valence electrons. The van der Waals surface area contributed by atoms with E-state index in [0.717, 1.165) is 12.1 Å². The fraction of sp³-hybridized carbons (Fsp3) is 0.158.